The van der Waals surface area contributed by atoms with Gasteiger partial charge in [0.1, 0.15) is 0 Å². The molecule has 1 N–H and O–H groups in total. The summed E-state index contributed by atoms with van der Waals surface area (Å²) in [7, 11) is 1.96. The molecule has 0 radical (unpaired) electrons. The number of hydrogen-bond donors (Lipinski definition) is 1. The van der Waals surface area contributed by atoms with Gasteiger partial charge in [-0.25, -0.2) is 4.98 Å². The third-order valence-electron chi connectivity index (χ3n) is 2.76. The van der Waals surface area contributed by atoms with Gasteiger partial charge in [-0.1, -0.05) is 0 Å². The SMILES string of the molecule is CNC(C)(C)c1cncn1CCOC(C)C. The van der Waals surface area contributed by atoms with E-state index in [1.54, 1.807) is 0 Å². The Labute approximate surface area is 98.0 Å². The number of aromatic nitrogens is 2. The van der Waals surface area contributed by atoms with E-state index in [1.165, 1.54) is 5.69 Å². The molecule has 4 nitrogen and oxygen atoms in total. The number of nitrogens with one attached hydrogen (secondary N) is 1. The summed E-state index contributed by atoms with van der Waals surface area (Å²) >= 11 is 0. The minimum absolute atomic E-state index is 0.0612. The van der Waals surface area contributed by atoms with E-state index < -0.39 is 0 Å². The predicted molar refractivity (Wildman–Crippen MR) is 65.4 cm³/mol. The van der Waals surface area contributed by atoms with Crippen LogP contribution in [0.15, 0.2) is 12.5 Å². The molecule has 0 aromatic carbocycles. The lowest BCUT2D eigenvalue weighted by Crippen LogP contribution is -2.35. The second kappa shape index (κ2) is 5.46. The van der Waals surface area contributed by atoms with E-state index in [-0.39, 0.29) is 11.6 Å². The van der Waals surface area contributed by atoms with Crippen LogP contribution in [0, 0.1) is 0 Å². The van der Waals surface area contributed by atoms with Crippen molar-refractivity contribution < 1.29 is 4.74 Å². The normalized spacial score (nSPS) is 12.4. The highest BCUT2D eigenvalue weighted by Gasteiger charge is 2.21. The summed E-state index contributed by atoms with van der Waals surface area (Å²) in [4.78, 5) is 4.20. The molecule has 0 aliphatic rings. The molecule has 1 aromatic rings. The van der Waals surface area contributed by atoms with E-state index in [0.29, 0.717) is 0 Å². The van der Waals surface area contributed by atoms with Crippen molar-refractivity contribution in [2.24, 2.45) is 0 Å². The van der Waals surface area contributed by atoms with E-state index in [2.05, 4.69) is 28.7 Å². The van der Waals surface area contributed by atoms with Gasteiger partial charge in [-0.15, -0.1) is 0 Å². The maximum absolute atomic E-state index is 5.55. The van der Waals surface area contributed by atoms with E-state index in [9.17, 15) is 0 Å². The molecular weight excluding hydrogens is 202 g/mol. The van der Waals surface area contributed by atoms with Gasteiger partial charge in [-0.05, 0) is 34.7 Å². The van der Waals surface area contributed by atoms with Gasteiger partial charge in [-0.2, -0.15) is 0 Å². The third-order valence-corrected chi connectivity index (χ3v) is 2.76. The van der Waals surface area contributed by atoms with Gasteiger partial charge >= 0.3 is 0 Å². The molecule has 0 atom stereocenters. The molecule has 0 bridgehead atoms. The molecule has 0 unspecified atom stereocenters. The van der Waals surface area contributed by atoms with Crippen LogP contribution in [0.2, 0.25) is 0 Å². The Morgan fingerprint density at radius 3 is 2.75 bits per heavy atom. The lowest BCUT2D eigenvalue weighted by Gasteiger charge is -2.25. The quantitative estimate of drug-likeness (QED) is 0.802. The number of ether oxygens (including phenoxy) is 1. The van der Waals surface area contributed by atoms with Crippen LogP contribution < -0.4 is 5.32 Å². The van der Waals surface area contributed by atoms with Crippen molar-refractivity contribution in [2.75, 3.05) is 13.7 Å². The Bertz CT molecular complexity index is 318. The van der Waals surface area contributed by atoms with Gasteiger partial charge in [0.05, 0.1) is 30.3 Å². The van der Waals surface area contributed by atoms with E-state index in [1.807, 2.05) is 33.4 Å². The zero-order chi connectivity index (χ0) is 12.2. The van der Waals surface area contributed by atoms with Crippen molar-refractivity contribution in [3.8, 4) is 0 Å². The Hall–Kier alpha value is -0.870. The maximum atomic E-state index is 5.55. The van der Waals surface area contributed by atoms with Crippen LogP contribution in [0.5, 0.6) is 0 Å². The smallest absolute Gasteiger partial charge is 0.0949 e. The van der Waals surface area contributed by atoms with Crippen LogP contribution in [-0.2, 0) is 16.8 Å². The van der Waals surface area contributed by atoms with Gasteiger partial charge in [0, 0.05) is 12.7 Å². The van der Waals surface area contributed by atoms with Gasteiger partial charge < -0.3 is 14.6 Å². The average Bonchev–Trinajstić information content (AvgIpc) is 2.66. The minimum atomic E-state index is -0.0612. The second-order valence-electron chi connectivity index (χ2n) is 4.77. The molecule has 0 aliphatic carbocycles. The number of hydrogen-bond acceptors (Lipinski definition) is 3. The molecule has 16 heavy (non-hydrogen) atoms. The van der Waals surface area contributed by atoms with Crippen molar-refractivity contribution >= 4 is 0 Å². The fourth-order valence-electron chi connectivity index (χ4n) is 1.53. The zero-order valence-corrected chi connectivity index (χ0v) is 10.9. The van der Waals surface area contributed by atoms with E-state index in [4.69, 9.17) is 4.74 Å². The monoisotopic (exact) mass is 225 g/mol. The first-order valence-corrected chi connectivity index (χ1v) is 5.78. The molecule has 0 saturated carbocycles. The highest BCUT2D eigenvalue weighted by atomic mass is 16.5. The van der Waals surface area contributed by atoms with Crippen molar-refractivity contribution in [3.63, 3.8) is 0 Å². The van der Waals surface area contributed by atoms with Gasteiger partial charge in [0.2, 0.25) is 0 Å². The topological polar surface area (TPSA) is 39.1 Å². The summed E-state index contributed by atoms with van der Waals surface area (Å²) < 4.78 is 7.69. The van der Waals surface area contributed by atoms with Crippen LogP contribution in [0.4, 0.5) is 0 Å². The second-order valence-corrected chi connectivity index (χ2v) is 4.77. The predicted octanol–water partition coefficient (Wildman–Crippen LogP) is 1.76. The summed E-state index contributed by atoms with van der Waals surface area (Å²) in [5, 5.41) is 3.28. The molecule has 0 saturated heterocycles. The molecule has 0 fully saturated rings. The summed E-state index contributed by atoms with van der Waals surface area (Å²) in [6.45, 7) is 9.95. The molecule has 0 spiro atoms. The molecule has 1 rings (SSSR count). The Kier molecular flexibility index (Phi) is 4.50. The minimum Gasteiger partial charge on any atom is -0.377 e. The summed E-state index contributed by atoms with van der Waals surface area (Å²) in [6, 6.07) is 0. The lowest BCUT2D eigenvalue weighted by atomic mass is 10.0. The fraction of sp³-hybridized carbons (Fsp3) is 0.750. The summed E-state index contributed by atoms with van der Waals surface area (Å²) in [5.74, 6) is 0. The summed E-state index contributed by atoms with van der Waals surface area (Å²) in [6.07, 6.45) is 4.05. The molecule has 1 heterocycles. The third kappa shape index (κ3) is 3.32. The highest BCUT2D eigenvalue weighted by Crippen LogP contribution is 2.18. The standard InChI is InChI=1S/C12H23N3O/c1-10(2)16-7-6-15-9-14-8-11(15)12(3,4)13-5/h8-10,13H,6-7H2,1-5H3. The first-order chi connectivity index (χ1) is 7.47. The maximum Gasteiger partial charge on any atom is 0.0949 e. The number of rotatable bonds is 6. The number of imidazole rings is 1. The molecular formula is C12H23N3O. The van der Waals surface area contributed by atoms with Crippen LogP contribution in [0.25, 0.3) is 0 Å². The van der Waals surface area contributed by atoms with Gasteiger partial charge in [0.15, 0.2) is 0 Å². The van der Waals surface area contributed by atoms with Crippen molar-refractivity contribution in [1.29, 1.82) is 0 Å². The number of nitrogens with zero attached hydrogens (tertiary/aromatic N) is 2. The highest BCUT2D eigenvalue weighted by molar-refractivity contribution is 5.10. The lowest BCUT2D eigenvalue weighted by molar-refractivity contribution is 0.0718. The first kappa shape index (κ1) is 13.2. The van der Waals surface area contributed by atoms with Crippen molar-refractivity contribution in [2.45, 2.75) is 45.9 Å². The Morgan fingerprint density at radius 2 is 2.19 bits per heavy atom. The average molecular weight is 225 g/mol. The van der Waals surface area contributed by atoms with Crippen LogP contribution >= 0.6 is 0 Å². The van der Waals surface area contributed by atoms with Crippen LogP contribution in [-0.4, -0.2) is 29.3 Å². The Morgan fingerprint density at radius 1 is 1.50 bits per heavy atom. The molecule has 0 amide bonds. The van der Waals surface area contributed by atoms with Crippen molar-refractivity contribution in [3.05, 3.63) is 18.2 Å². The van der Waals surface area contributed by atoms with Gasteiger partial charge in [0.25, 0.3) is 0 Å². The fourth-order valence-corrected chi connectivity index (χ4v) is 1.53. The molecule has 4 heteroatoms. The summed E-state index contributed by atoms with van der Waals surface area (Å²) in [5.41, 5.74) is 1.12. The van der Waals surface area contributed by atoms with E-state index in [0.717, 1.165) is 13.2 Å². The van der Waals surface area contributed by atoms with Crippen LogP contribution in [0.3, 0.4) is 0 Å². The zero-order valence-electron chi connectivity index (χ0n) is 10.9. The van der Waals surface area contributed by atoms with Crippen molar-refractivity contribution in [1.82, 2.24) is 14.9 Å². The molecule has 92 valence electrons. The van der Waals surface area contributed by atoms with Crippen LogP contribution in [0.1, 0.15) is 33.4 Å². The molecule has 1 aromatic heterocycles. The van der Waals surface area contributed by atoms with E-state index >= 15 is 0 Å². The first-order valence-electron chi connectivity index (χ1n) is 5.78. The largest absolute Gasteiger partial charge is 0.377 e. The molecule has 0 aliphatic heterocycles. The Balaban J connectivity index is 2.64. The van der Waals surface area contributed by atoms with Gasteiger partial charge in [-0.3, -0.25) is 0 Å².